The SMILES string of the molecule is Cc1ccc(NCc2cc(N=O)ccc2O)cc1. The molecule has 2 N–H and O–H groups in total. The molecule has 0 atom stereocenters. The van der Waals surface area contributed by atoms with E-state index in [9.17, 15) is 10.0 Å². The van der Waals surface area contributed by atoms with Crippen molar-refractivity contribution in [1.29, 1.82) is 0 Å². The van der Waals surface area contributed by atoms with Crippen molar-refractivity contribution in [2.75, 3.05) is 5.32 Å². The molecule has 92 valence electrons. The number of hydrogen-bond donors (Lipinski definition) is 2. The molecule has 0 heterocycles. The van der Waals surface area contributed by atoms with Gasteiger partial charge in [0.1, 0.15) is 11.4 Å². The molecule has 18 heavy (non-hydrogen) atoms. The first kappa shape index (κ1) is 12.1. The van der Waals surface area contributed by atoms with Gasteiger partial charge in [-0.05, 0) is 42.4 Å². The molecule has 0 fully saturated rings. The third-order valence-corrected chi connectivity index (χ3v) is 2.70. The van der Waals surface area contributed by atoms with Crippen LogP contribution in [0.1, 0.15) is 11.1 Å². The number of nitrogens with one attached hydrogen (secondary N) is 1. The molecule has 0 aliphatic carbocycles. The van der Waals surface area contributed by atoms with Gasteiger partial charge in [0.2, 0.25) is 0 Å². The van der Waals surface area contributed by atoms with Crippen LogP contribution in [0.5, 0.6) is 5.75 Å². The average Bonchev–Trinajstić information content (AvgIpc) is 2.40. The van der Waals surface area contributed by atoms with Crippen LogP contribution in [0.25, 0.3) is 0 Å². The number of nitrogens with zero attached hydrogens (tertiary/aromatic N) is 1. The Morgan fingerprint density at radius 1 is 1.17 bits per heavy atom. The Labute approximate surface area is 105 Å². The van der Waals surface area contributed by atoms with Crippen molar-refractivity contribution in [2.24, 2.45) is 5.18 Å². The standard InChI is InChI=1S/C14H14N2O2/c1-10-2-4-12(5-3-10)15-9-11-8-13(16-18)6-7-14(11)17/h2-8,15,17H,9H2,1H3. The van der Waals surface area contributed by atoms with Crippen LogP contribution in [0.3, 0.4) is 0 Å². The van der Waals surface area contributed by atoms with Gasteiger partial charge >= 0.3 is 0 Å². The Kier molecular flexibility index (Phi) is 3.57. The van der Waals surface area contributed by atoms with Crippen molar-refractivity contribution in [3.8, 4) is 5.75 Å². The number of nitroso groups, excluding NO2 is 1. The highest BCUT2D eigenvalue weighted by Crippen LogP contribution is 2.24. The average molecular weight is 242 g/mol. The summed E-state index contributed by atoms with van der Waals surface area (Å²) in [7, 11) is 0. The molecule has 0 bridgehead atoms. The van der Waals surface area contributed by atoms with Crippen molar-refractivity contribution in [3.63, 3.8) is 0 Å². The van der Waals surface area contributed by atoms with E-state index in [0.717, 1.165) is 5.69 Å². The fourth-order valence-corrected chi connectivity index (χ4v) is 1.64. The number of aryl methyl sites for hydroxylation is 1. The van der Waals surface area contributed by atoms with Crippen LogP contribution in [0.15, 0.2) is 47.6 Å². The van der Waals surface area contributed by atoms with Gasteiger partial charge in [-0.2, -0.15) is 0 Å². The number of benzene rings is 2. The zero-order valence-corrected chi connectivity index (χ0v) is 10.1. The molecule has 0 saturated heterocycles. The highest BCUT2D eigenvalue weighted by Gasteiger charge is 2.03. The highest BCUT2D eigenvalue weighted by atomic mass is 16.3. The van der Waals surface area contributed by atoms with E-state index in [1.165, 1.54) is 17.7 Å². The summed E-state index contributed by atoms with van der Waals surface area (Å²) in [5.41, 5.74) is 3.11. The molecule has 0 radical (unpaired) electrons. The molecule has 2 aromatic carbocycles. The summed E-state index contributed by atoms with van der Waals surface area (Å²) in [6.45, 7) is 2.47. The molecular weight excluding hydrogens is 228 g/mol. The molecule has 4 heteroatoms. The second-order valence-electron chi connectivity index (χ2n) is 4.12. The van der Waals surface area contributed by atoms with Crippen LogP contribution in [-0.2, 0) is 6.54 Å². The maximum Gasteiger partial charge on any atom is 0.120 e. The zero-order valence-electron chi connectivity index (χ0n) is 10.1. The van der Waals surface area contributed by atoms with E-state index in [4.69, 9.17) is 0 Å². The minimum absolute atomic E-state index is 0.155. The second-order valence-corrected chi connectivity index (χ2v) is 4.12. The number of hydrogen-bond acceptors (Lipinski definition) is 4. The summed E-state index contributed by atoms with van der Waals surface area (Å²) in [5.74, 6) is 0.155. The number of aromatic hydroxyl groups is 1. The van der Waals surface area contributed by atoms with Crippen LogP contribution >= 0.6 is 0 Å². The Morgan fingerprint density at radius 3 is 2.56 bits per heavy atom. The minimum atomic E-state index is 0.155. The fourth-order valence-electron chi connectivity index (χ4n) is 1.64. The molecule has 0 aliphatic rings. The Morgan fingerprint density at radius 2 is 1.89 bits per heavy atom. The monoisotopic (exact) mass is 242 g/mol. The van der Waals surface area contributed by atoms with Crippen molar-refractivity contribution >= 4 is 11.4 Å². The Hall–Kier alpha value is -2.36. The summed E-state index contributed by atoms with van der Waals surface area (Å²) in [6, 6.07) is 12.5. The molecule has 0 saturated carbocycles. The number of phenols is 1. The van der Waals surface area contributed by atoms with Crippen LogP contribution in [-0.4, -0.2) is 5.11 Å². The van der Waals surface area contributed by atoms with Gasteiger partial charge < -0.3 is 10.4 Å². The maximum absolute atomic E-state index is 10.4. The van der Waals surface area contributed by atoms with E-state index < -0.39 is 0 Å². The van der Waals surface area contributed by atoms with Crippen molar-refractivity contribution < 1.29 is 5.11 Å². The summed E-state index contributed by atoms with van der Waals surface area (Å²) in [6.07, 6.45) is 0. The lowest BCUT2D eigenvalue weighted by atomic mass is 10.1. The van der Waals surface area contributed by atoms with Crippen LogP contribution in [0.2, 0.25) is 0 Å². The van der Waals surface area contributed by atoms with Crippen LogP contribution in [0.4, 0.5) is 11.4 Å². The normalized spacial score (nSPS) is 10.1. The van der Waals surface area contributed by atoms with Crippen molar-refractivity contribution in [2.45, 2.75) is 13.5 Å². The predicted octanol–water partition coefficient (Wildman–Crippen LogP) is 3.71. The van der Waals surface area contributed by atoms with E-state index in [-0.39, 0.29) is 5.75 Å². The van der Waals surface area contributed by atoms with Crippen LogP contribution in [0, 0.1) is 11.8 Å². The first-order valence-corrected chi connectivity index (χ1v) is 5.65. The topological polar surface area (TPSA) is 61.7 Å². The van der Waals surface area contributed by atoms with Gasteiger partial charge in [0.05, 0.1) is 0 Å². The lowest BCUT2D eigenvalue weighted by molar-refractivity contribution is 0.469. The molecule has 2 rings (SSSR count). The molecule has 0 amide bonds. The molecule has 4 nitrogen and oxygen atoms in total. The molecule has 0 aromatic heterocycles. The lowest BCUT2D eigenvalue weighted by Gasteiger charge is -2.08. The van der Waals surface area contributed by atoms with E-state index in [2.05, 4.69) is 10.5 Å². The molecule has 0 aliphatic heterocycles. The van der Waals surface area contributed by atoms with Gasteiger partial charge in [0.15, 0.2) is 0 Å². The van der Waals surface area contributed by atoms with Crippen molar-refractivity contribution in [1.82, 2.24) is 0 Å². The lowest BCUT2D eigenvalue weighted by Crippen LogP contribution is -1.99. The molecule has 0 unspecified atom stereocenters. The van der Waals surface area contributed by atoms with E-state index >= 15 is 0 Å². The van der Waals surface area contributed by atoms with Gasteiger partial charge in [-0.25, -0.2) is 0 Å². The number of phenolic OH excluding ortho intramolecular Hbond substituents is 1. The third-order valence-electron chi connectivity index (χ3n) is 2.70. The summed E-state index contributed by atoms with van der Waals surface area (Å²) < 4.78 is 0. The number of anilines is 1. The Bertz CT molecular complexity index is 550. The predicted molar refractivity (Wildman–Crippen MR) is 72.1 cm³/mol. The van der Waals surface area contributed by atoms with Gasteiger partial charge in [0.25, 0.3) is 0 Å². The highest BCUT2D eigenvalue weighted by molar-refractivity contribution is 5.50. The van der Waals surface area contributed by atoms with E-state index in [0.29, 0.717) is 17.8 Å². The smallest absolute Gasteiger partial charge is 0.120 e. The summed E-state index contributed by atoms with van der Waals surface area (Å²) in [4.78, 5) is 10.4. The Balaban J connectivity index is 2.10. The first-order chi connectivity index (χ1) is 8.69. The van der Waals surface area contributed by atoms with E-state index in [1.807, 2.05) is 31.2 Å². The van der Waals surface area contributed by atoms with Gasteiger partial charge in [-0.15, -0.1) is 4.91 Å². The van der Waals surface area contributed by atoms with E-state index in [1.54, 1.807) is 6.07 Å². The molecule has 2 aromatic rings. The first-order valence-electron chi connectivity index (χ1n) is 5.65. The maximum atomic E-state index is 10.4. The molecule has 0 spiro atoms. The van der Waals surface area contributed by atoms with Gasteiger partial charge in [-0.1, -0.05) is 17.7 Å². The second kappa shape index (κ2) is 5.31. The van der Waals surface area contributed by atoms with Gasteiger partial charge in [-0.3, -0.25) is 0 Å². The quantitative estimate of drug-likeness (QED) is 0.803. The summed E-state index contributed by atoms with van der Waals surface area (Å²) >= 11 is 0. The van der Waals surface area contributed by atoms with Gasteiger partial charge in [0, 0.05) is 17.8 Å². The zero-order chi connectivity index (χ0) is 13.0. The minimum Gasteiger partial charge on any atom is -0.508 e. The number of rotatable bonds is 4. The van der Waals surface area contributed by atoms with Crippen LogP contribution < -0.4 is 5.32 Å². The van der Waals surface area contributed by atoms with Crippen molar-refractivity contribution in [3.05, 3.63) is 58.5 Å². The largest absolute Gasteiger partial charge is 0.508 e. The summed E-state index contributed by atoms with van der Waals surface area (Å²) in [5, 5.41) is 15.7. The third kappa shape index (κ3) is 2.85. The molecular formula is C14H14N2O2. The fraction of sp³-hybridized carbons (Fsp3) is 0.143.